The van der Waals surface area contributed by atoms with Crippen molar-refractivity contribution in [3.63, 3.8) is 0 Å². The van der Waals surface area contributed by atoms with Crippen molar-refractivity contribution in [1.82, 2.24) is 0 Å². The van der Waals surface area contributed by atoms with E-state index in [1.165, 1.54) is 5.56 Å². The van der Waals surface area contributed by atoms with Gasteiger partial charge in [-0.25, -0.2) is 0 Å². The lowest BCUT2D eigenvalue weighted by atomic mass is 10.1. The second-order valence-electron chi connectivity index (χ2n) is 3.11. The molecule has 2 rings (SSSR count). The number of aryl methyl sites for hydroxylation is 1. The molecule has 0 radical (unpaired) electrons. The third-order valence-electron chi connectivity index (χ3n) is 2.23. The first-order valence-corrected chi connectivity index (χ1v) is 4.63. The molecule has 2 heteroatoms. The minimum Gasteiger partial charge on any atom is -0.293 e. The van der Waals surface area contributed by atoms with Crippen molar-refractivity contribution in [1.29, 1.82) is 0 Å². The van der Waals surface area contributed by atoms with Crippen molar-refractivity contribution in [2.45, 2.75) is 12.8 Å². The number of allylic oxidation sites excluding steroid dienone is 1. The van der Waals surface area contributed by atoms with Gasteiger partial charge in [-0.05, 0) is 23.6 Å². The van der Waals surface area contributed by atoms with E-state index in [0.717, 1.165) is 12.0 Å². The Morgan fingerprint density at radius 1 is 1.15 bits per heavy atom. The van der Waals surface area contributed by atoms with Gasteiger partial charge < -0.3 is 0 Å². The predicted molar refractivity (Wildman–Crippen MR) is 53.6 cm³/mol. The molecule has 0 aromatic heterocycles. The van der Waals surface area contributed by atoms with Crippen molar-refractivity contribution >= 4 is 23.5 Å². The molecule has 0 spiro atoms. The van der Waals surface area contributed by atoms with E-state index in [1.807, 2.05) is 24.3 Å². The highest BCUT2D eigenvalue weighted by Gasteiger charge is 2.13. The second-order valence-corrected chi connectivity index (χ2v) is 3.52. The zero-order valence-electron chi connectivity index (χ0n) is 7.09. The summed E-state index contributed by atoms with van der Waals surface area (Å²) in [4.78, 5) is 11.3. The Morgan fingerprint density at radius 3 is 2.77 bits per heavy atom. The SMILES string of the molecule is O=C1CCc2ccccc2C=C1Cl. The van der Waals surface area contributed by atoms with Gasteiger partial charge in [0.2, 0.25) is 0 Å². The van der Waals surface area contributed by atoms with Gasteiger partial charge >= 0.3 is 0 Å². The first-order chi connectivity index (χ1) is 6.27. The number of halogens is 1. The molecule has 0 saturated heterocycles. The number of hydrogen-bond donors (Lipinski definition) is 0. The molecule has 0 aliphatic heterocycles. The molecule has 1 nitrogen and oxygen atoms in total. The zero-order valence-corrected chi connectivity index (χ0v) is 7.84. The van der Waals surface area contributed by atoms with E-state index >= 15 is 0 Å². The lowest BCUT2D eigenvalue weighted by Crippen LogP contribution is -1.96. The first-order valence-electron chi connectivity index (χ1n) is 4.25. The first kappa shape index (κ1) is 8.52. The number of carbonyl (C=O) groups is 1. The molecule has 1 aliphatic rings. The standard InChI is InChI=1S/C11H9ClO/c12-10-7-9-4-2-1-3-8(9)5-6-11(10)13/h1-4,7H,5-6H2. The van der Waals surface area contributed by atoms with E-state index in [-0.39, 0.29) is 5.78 Å². The Balaban J connectivity index is 2.51. The molecule has 66 valence electrons. The van der Waals surface area contributed by atoms with E-state index in [2.05, 4.69) is 0 Å². The van der Waals surface area contributed by atoms with Gasteiger partial charge in [-0.15, -0.1) is 0 Å². The molecule has 0 N–H and O–H groups in total. The molecule has 1 aromatic carbocycles. The molecule has 0 saturated carbocycles. The van der Waals surface area contributed by atoms with Gasteiger partial charge in [-0.1, -0.05) is 35.9 Å². The molecule has 0 atom stereocenters. The number of ketones is 1. The summed E-state index contributed by atoms with van der Waals surface area (Å²) in [7, 11) is 0. The lowest BCUT2D eigenvalue weighted by molar-refractivity contribution is -0.114. The Kier molecular flexibility index (Phi) is 2.19. The lowest BCUT2D eigenvalue weighted by Gasteiger charge is -1.99. The maximum absolute atomic E-state index is 11.3. The van der Waals surface area contributed by atoms with E-state index in [0.29, 0.717) is 11.5 Å². The number of carbonyl (C=O) groups excluding carboxylic acids is 1. The van der Waals surface area contributed by atoms with Gasteiger partial charge in [0, 0.05) is 6.42 Å². The van der Waals surface area contributed by atoms with E-state index < -0.39 is 0 Å². The molecule has 0 amide bonds. The van der Waals surface area contributed by atoms with Gasteiger partial charge in [0.05, 0.1) is 5.03 Å². The molecule has 0 unspecified atom stereocenters. The number of fused-ring (bicyclic) bond motifs is 1. The van der Waals surface area contributed by atoms with Gasteiger partial charge in [-0.3, -0.25) is 4.79 Å². The van der Waals surface area contributed by atoms with E-state index in [1.54, 1.807) is 6.08 Å². The predicted octanol–water partition coefficient (Wildman–Crippen LogP) is 2.78. The number of benzene rings is 1. The molecule has 1 aliphatic carbocycles. The Labute approximate surface area is 82.0 Å². The fourth-order valence-electron chi connectivity index (χ4n) is 1.49. The van der Waals surface area contributed by atoms with Gasteiger partial charge in [-0.2, -0.15) is 0 Å². The number of hydrogen-bond acceptors (Lipinski definition) is 1. The van der Waals surface area contributed by atoms with E-state index in [4.69, 9.17) is 11.6 Å². The minimum atomic E-state index is 0.0397. The van der Waals surface area contributed by atoms with Crippen molar-refractivity contribution in [3.05, 3.63) is 40.4 Å². The number of Topliss-reactive ketones (excluding diaryl/α,β-unsaturated/α-hetero) is 1. The van der Waals surface area contributed by atoms with Crippen molar-refractivity contribution in [2.24, 2.45) is 0 Å². The highest BCUT2D eigenvalue weighted by molar-refractivity contribution is 6.44. The molecule has 0 heterocycles. The summed E-state index contributed by atoms with van der Waals surface area (Å²) in [5.74, 6) is 0.0397. The van der Waals surface area contributed by atoms with Crippen LogP contribution in [-0.4, -0.2) is 5.78 Å². The topological polar surface area (TPSA) is 17.1 Å². The molecule has 0 fully saturated rings. The van der Waals surface area contributed by atoms with Gasteiger partial charge in [0.25, 0.3) is 0 Å². The van der Waals surface area contributed by atoms with Crippen LogP contribution in [0.15, 0.2) is 29.3 Å². The second kappa shape index (κ2) is 3.35. The molecular formula is C11H9ClO. The fourth-order valence-corrected chi connectivity index (χ4v) is 1.70. The largest absolute Gasteiger partial charge is 0.293 e. The quantitative estimate of drug-likeness (QED) is 0.618. The fraction of sp³-hybridized carbons (Fsp3) is 0.182. The molecule has 1 aromatic rings. The summed E-state index contributed by atoms with van der Waals surface area (Å²) in [5.41, 5.74) is 2.27. The maximum Gasteiger partial charge on any atom is 0.174 e. The Hall–Kier alpha value is -1.08. The highest BCUT2D eigenvalue weighted by atomic mass is 35.5. The van der Waals surface area contributed by atoms with Crippen LogP contribution in [0.2, 0.25) is 0 Å². The maximum atomic E-state index is 11.3. The van der Waals surface area contributed by atoms with Crippen molar-refractivity contribution in [2.75, 3.05) is 0 Å². The summed E-state index contributed by atoms with van der Waals surface area (Å²) in [6, 6.07) is 7.95. The average Bonchev–Trinajstić information content (AvgIpc) is 2.28. The van der Waals surface area contributed by atoms with Crippen LogP contribution in [-0.2, 0) is 11.2 Å². The molecular weight excluding hydrogens is 184 g/mol. The number of rotatable bonds is 0. The summed E-state index contributed by atoms with van der Waals surface area (Å²) < 4.78 is 0. The monoisotopic (exact) mass is 192 g/mol. The van der Waals surface area contributed by atoms with Gasteiger partial charge in [0.1, 0.15) is 0 Å². The van der Waals surface area contributed by atoms with Crippen LogP contribution in [0.25, 0.3) is 6.08 Å². The highest BCUT2D eigenvalue weighted by Crippen LogP contribution is 2.22. The minimum absolute atomic E-state index is 0.0397. The molecule has 0 bridgehead atoms. The van der Waals surface area contributed by atoms with Crippen LogP contribution in [0.3, 0.4) is 0 Å². The van der Waals surface area contributed by atoms with E-state index in [9.17, 15) is 4.79 Å². The van der Waals surface area contributed by atoms with Crippen molar-refractivity contribution in [3.8, 4) is 0 Å². The molecule has 13 heavy (non-hydrogen) atoms. The van der Waals surface area contributed by atoms with Crippen molar-refractivity contribution < 1.29 is 4.79 Å². The van der Waals surface area contributed by atoms with Crippen LogP contribution in [0.5, 0.6) is 0 Å². The third kappa shape index (κ3) is 1.65. The summed E-state index contributed by atoms with van der Waals surface area (Å²) in [6.07, 6.45) is 3.07. The summed E-state index contributed by atoms with van der Waals surface area (Å²) in [5, 5.41) is 0.352. The van der Waals surface area contributed by atoms with Crippen LogP contribution >= 0.6 is 11.6 Å². The van der Waals surface area contributed by atoms with Gasteiger partial charge in [0.15, 0.2) is 5.78 Å². The summed E-state index contributed by atoms with van der Waals surface area (Å²) >= 11 is 5.81. The third-order valence-corrected chi connectivity index (χ3v) is 2.54. The Bertz CT molecular complexity index is 379. The smallest absolute Gasteiger partial charge is 0.174 e. The Morgan fingerprint density at radius 2 is 1.92 bits per heavy atom. The van der Waals surface area contributed by atoms with Crippen LogP contribution in [0.4, 0.5) is 0 Å². The average molecular weight is 193 g/mol. The van der Waals surface area contributed by atoms with Crippen LogP contribution in [0, 0.1) is 0 Å². The zero-order chi connectivity index (χ0) is 9.26. The summed E-state index contributed by atoms with van der Waals surface area (Å²) in [6.45, 7) is 0. The van der Waals surface area contributed by atoms with Crippen LogP contribution < -0.4 is 0 Å². The normalized spacial score (nSPS) is 16.1. The van der Waals surface area contributed by atoms with Crippen LogP contribution in [0.1, 0.15) is 17.5 Å².